The van der Waals surface area contributed by atoms with Gasteiger partial charge in [0.05, 0.1) is 18.0 Å². The SMILES string of the molecule is CS(=O)(=O)O.NC(=O)c1cncs1. The maximum absolute atomic E-state index is 10.3. The second-order valence-electron chi connectivity index (χ2n) is 1.96. The molecule has 0 atom stereocenters. The van der Waals surface area contributed by atoms with Crippen LogP contribution in [0, 0.1) is 0 Å². The Labute approximate surface area is 79.2 Å². The molecule has 0 fully saturated rings. The fraction of sp³-hybridized carbons (Fsp3) is 0.200. The molecule has 1 rings (SSSR count). The molecule has 1 aromatic heterocycles. The van der Waals surface area contributed by atoms with E-state index in [-0.39, 0.29) is 0 Å². The lowest BCUT2D eigenvalue weighted by molar-refractivity contribution is 0.100. The van der Waals surface area contributed by atoms with Gasteiger partial charge in [0.2, 0.25) is 0 Å². The summed E-state index contributed by atoms with van der Waals surface area (Å²) < 4.78 is 25.9. The molecule has 0 bridgehead atoms. The zero-order chi connectivity index (χ0) is 10.5. The molecule has 0 spiro atoms. The van der Waals surface area contributed by atoms with Gasteiger partial charge in [0.1, 0.15) is 4.88 Å². The van der Waals surface area contributed by atoms with Crippen LogP contribution in [0.5, 0.6) is 0 Å². The maximum Gasteiger partial charge on any atom is 0.261 e. The zero-order valence-electron chi connectivity index (χ0n) is 6.67. The number of rotatable bonds is 1. The summed E-state index contributed by atoms with van der Waals surface area (Å²) in [6.45, 7) is 0. The highest BCUT2D eigenvalue weighted by Gasteiger charge is 1.97. The molecule has 0 saturated heterocycles. The number of thiazole rings is 1. The van der Waals surface area contributed by atoms with E-state index in [2.05, 4.69) is 4.98 Å². The summed E-state index contributed by atoms with van der Waals surface area (Å²) in [5.74, 6) is -0.410. The van der Waals surface area contributed by atoms with Crippen LogP contribution in [0.3, 0.4) is 0 Å². The first-order valence-electron chi connectivity index (χ1n) is 2.91. The Morgan fingerprint density at radius 3 is 2.31 bits per heavy atom. The van der Waals surface area contributed by atoms with Crippen molar-refractivity contribution < 1.29 is 17.8 Å². The third kappa shape index (κ3) is 8.92. The number of aromatic nitrogens is 1. The standard InChI is InChI=1S/C4H4N2OS.CH4O3S/c5-4(7)3-1-6-2-8-3;1-5(2,3)4/h1-2H,(H2,5,7);1H3,(H,2,3,4). The van der Waals surface area contributed by atoms with Crippen LogP contribution >= 0.6 is 11.3 Å². The molecule has 0 saturated carbocycles. The van der Waals surface area contributed by atoms with Crippen LogP contribution < -0.4 is 5.73 Å². The summed E-state index contributed by atoms with van der Waals surface area (Å²) in [6.07, 6.45) is 2.17. The van der Waals surface area contributed by atoms with Gasteiger partial charge in [-0.3, -0.25) is 14.3 Å². The molecule has 0 aliphatic carbocycles. The lowest BCUT2D eigenvalue weighted by atomic mass is 10.5. The number of nitrogens with zero attached hydrogens (tertiary/aromatic N) is 1. The van der Waals surface area contributed by atoms with Crippen molar-refractivity contribution in [3.63, 3.8) is 0 Å². The Morgan fingerprint density at radius 2 is 2.15 bits per heavy atom. The molecule has 0 aromatic carbocycles. The molecule has 1 aromatic rings. The van der Waals surface area contributed by atoms with E-state index < -0.39 is 16.0 Å². The normalized spacial score (nSPS) is 10.0. The van der Waals surface area contributed by atoms with Gasteiger partial charge in [-0.2, -0.15) is 8.42 Å². The van der Waals surface area contributed by atoms with Crippen molar-refractivity contribution in [2.75, 3.05) is 6.26 Å². The molecule has 8 heteroatoms. The quantitative estimate of drug-likeness (QED) is 0.639. The van der Waals surface area contributed by atoms with Gasteiger partial charge in [-0.25, -0.2) is 0 Å². The Morgan fingerprint density at radius 1 is 1.69 bits per heavy atom. The average Bonchev–Trinajstić information content (AvgIpc) is 2.31. The molecule has 0 aliphatic rings. The Kier molecular flexibility index (Phi) is 4.52. The molecular weight excluding hydrogens is 216 g/mol. The summed E-state index contributed by atoms with van der Waals surface area (Å²) in [4.78, 5) is 14.4. The van der Waals surface area contributed by atoms with Crippen LogP contribution in [-0.2, 0) is 10.1 Å². The van der Waals surface area contributed by atoms with Crippen LogP contribution in [0.1, 0.15) is 9.67 Å². The van der Waals surface area contributed by atoms with Crippen LogP contribution in [0.4, 0.5) is 0 Å². The number of nitrogens with two attached hydrogens (primary N) is 1. The van der Waals surface area contributed by atoms with Crippen molar-refractivity contribution >= 4 is 27.4 Å². The van der Waals surface area contributed by atoms with Crippen molar-refractivity contribution in [3.05, 3.63) is 16.6 Å². The number of carbonyl (C=O) groups excluding carboxylic acids is 1. The third-order valence-electron chi connectivity index (χ3n) is 0.675. The van der Waals surface area contributed by atoms with E-state index in [1.54, 1.807) is 5.51 Å². The van der Waals surface area contributed by atoms with Gasteiger partial charge in [-0.1, -0.05) is 0 Å². The summed E-state index contributed by atoms with van der Waals surface area (Å²) in [5.41, 5.74) is 6.46. The number of primary amides is 1. The van der Waals surface area contributed by atoms with Crippen molar-refractivity contribution in [2.24, 2.45) is 5.73 Å². The number of carbonyl (C=O) groups is 1. The second-order valence-corrected chi connectivity index (χ2v) is 4.32. The first-order chi connectivity index (χ1) is 5.80. The molecule has 0 aliphatic heterocycles. The van der Waals surface area contributed by atoms with Gasteiger partial charge in [-0.15, -0.1) is 11.3 Å². The van der Waals surface area contributed by atoms with Gasteiger partial charge in [0.15, 0.2) is 0 Å². The molecular formula is C5H8N2O4S2. The van der Waals surface area contributed by atoms with Crippen LogP contribution in [0.2, 0.25) is 0 Å². The summed E-state index contributed by atoms with van der Waals surface area (Å²) >= 11 is 1.25. The molecule has 0 unspecified atom stereocenters. The van der Waals surface area contributed by atoms with E-state index in [0.717, 1.165) is 0 Å². The van der Waals surface area contributed by atoms with Gasteiger partial charge in [0, 0.05) is 0 Å². The highest BCUT2D eigenvalue weighted by atomic mass is 32.2. The molecule has 1 amide bonds. The minimum Gasteiger partial charge on any atom is -0.365 e. The Bertz CT molecular complexity index is 348. The summed E-state index contributed by atoms with van der Waals surface area (Å²) in [6, 6.07) is 0. The van der Waals surface area contributed by atoms with Gasteiger partial charge >= 0.3 is 0 Å². The first kappa shape index (κ1) is 12.0. The molecule has 74 valence electrons. The molecule has 13 heavy (non-hydrogen) atoms. The van der Waals surface area contributed by atoms with E-state index in [1.807, 2.05) is 0 Å². The fourth-order valence-corrected chi connectivity index (χ4v) is 0.811. The van der Waals surface area contributed by atoms with E-state index in [4.69, 9.17) is 10.3 Å². The van der Waals surface area contributed by atoms with E-state index in [0.29, 0.717) is 11.1 Å². The van der Waals surface area contributed by atoms with Crippen molar-refractivity contribution in [3.8, 4) is 0 Å². The smallest absolute Gasteiger partial charge is 0.261 e. The molecule has 3 N–H and O–H groups in total. The average molecular weight is 224 g/mol. The first-order valence-corrected chi connectivity index (χ1v) is 5.64. The third-order valence-corrected chi connectivity index (χ3v) is 1.46. The van der Waals surface area contributed by atoms with Gasteiger partial charge in [0.25, 0.3) is 16.0 Å². The zero-order valence-corrected chi connectivity index (χ0v) is 8.30. The van der Waals surface area contributed by atoms with E-state index in [9.17, 15) is 13.2 Å². The summed E-state index contributed by atoms with van der Waals surface area (Å²) in [5, 5.41) is 0. The Hall–Kier alpha value is -0.990. The van der Waals surface area contributed by atoms with Crippen molar-refractivity contribution in [1.82, 2.24) is 4.98 Å². The van der Waals surface area contributed by atoms with E-state index >= 15 is 0 Å². The van der Waals surface area contributed by atoms with E-state index in [1.165, 1.54) is 17.5 Å². The largest absolute Gasteiger partial charge is 0.365 e. The number of hydrogen-bond acceptors (Lipinski definition) is 5. The summed E-state index contributed by atoms with van der Waals surface area (Å²) in [7, 11) is -3.67. The van der Waals surface area contributed by atoms with Gasteiger partial charge in [-0.05, 0) is 0 Å². The lowest BCUT2D eigenvalue weighted by Crippen LogP contribution is -2.08. The topological polar surface area (TPSA) is 110 Å². The predicted octanol–water partition coefficient (Wildman–Crippen LogP) is -0.254. The maximum atomic E-state index is 10.3. The van der Waals surface area contributed by atoms with Crippen LogP contribution in [0.25, 0.3) is 0 Å². The Balaban J connectivity index is 0.000000252. The van der Waals surface area contributed by atoms with Crippen molar-refractivity contribution in [2.45, 2.75) is 0 Å². The van der Waals surface area contributed by atoms with Gasteiger partial charge < -0.3 is 5.73 Å². The lowest BCUT2D eigenvalue weighted by Gasteiger charge is -1.78. The second kappa shape index (κ2) is 4.90. The fourth-order valence-electron chi connectivity index (χ4n) is 0.337. The highest BCUT2D eigenvalue weighted by molar-refractivity contribution is 7.85. The monoisotopic (exact) mass is 224 g/mol. The van der Waals surface area contributed by atoms with Crippen molar-refractivity contribution in [1.29, 1.82) is 0 Å². The minimum absolute atomic E-state index is 0.410. The number of hydrogen-bond donors (Lipinski definition) is 2. The molecule has 1 heterocycles. The minimum atomic E-state index is -3.67. The molecule has 6 nitrogen and oxygen atoms in total. The predicted molar refractivity (Wildman–Crippen MR) is 48.1 cm³/mol. The van der Waals surface area contributed by atoms with Crippen LogP contribution in [0.15, 0.2) is 11.7 Å². The van der Waals surface area contributed by atoms with Crippen LogP contribution in [-0.4, -0.2) is 30.1 Å². The molecule has 0 radical (unpaired) electrons. The number of amides is 1. The highest BCUT2D eigenvalue weighted by Crippen LogP contribution is 2.02.